The summed E-state index contributed by atoms with van der Waals surface area (Å²) in [5.41, 5.74) is 3.49. The highest BCUT2D eigenvalue weighted by Crippen LogP contribution is 2.29. The first-order valence-electron chi connectivity index (χ1n) is 10.4. The van der Waals surface area contributed by atoms with Crippen molar-refractivity contribution in [3.63, 3.8) is 0 Å². The van der Waals surface area contributed by atoms with Gasteiger partial charge in [0.15, 0.2) is 0 Å². The fraction of sp³-hybridized carbons (Fsp3) is 0.208. The molecular weight excluding hydrogens is 411 g/mol. The summed E-state index contributed by atoms with van der Waals surface area (Å²) in [6.45, 7) is 4.15. The number of carbonyl (C=O) groups is 1. The molecule has 162 valence electrons. The van der Waals surface area contributed by atoms with E-state index in [0.717, 1.165) is 5.69 Å². The number of fused-ring (bicyclic) bond motifs is 1. The summed E-state index contributed by atoms with van der Waals surface area (Å²) in [7, 11) is 0. The second-order valence-electron chi connectivity index (χ2n) is 7.81. The van der Waals surface area contributed by atoms with Gasteiger partial charge in [0.05, 0.1) is 22.3 Å². The number of aromatic nitrogens is 2. The number of phenols is 1. The van der Waals surface area contributed by atoms with Crippen LogP contribution in [0.2, 0.25) is 0 Å². The standard InChI is InChI=1S/C24H21FN4O3/c1-15-22-20(14-21(26-23(22)32-27-15)16-5-7-17(25)8-6-16)24(31)29-11-9-28(10-12-29)18-3-2-4-19(30)13-18/h2-8,13-14,30H,9-12H2,1H3. The van der Waals surface area contributed by atoms with E-state index in [2.05, 4.69) is 15.0 Å². The van der Waals surface area contributed by atoms with E-state index in [-0.39, 0.29) is 23.2 Å². The largest absolute Gasteiger partial charge is 0.508 e. The Balaban J connectivity index is 1.44. The normalized spacial score (nSPS) is 14.2. The van der Waals surface area contributed by atoms with Crippen LogP contribution in [0.4, 0.5) is 10.1 Å². The highest BCUT2D eigenvalue weighted by atomic mass is 19.1. The van der Waals surface area contributed by atoms with Crippen molar-refractivity contribution in [1.29, 1.82) is 0 Å². The topological polar surface area (TPSA) is 82.7 Å². The first-order valence-corrected chi connectivity index (χ1v) is 10.4. The highest BCUT2D eigenvalue weighted by Gasteiger charge is 2.26. The third-order valence-electron chi connectivity index (χ3n) is 5.75. The zero-order chi connectivity index (χ0) is 22.2. The number of aromatic hydroxyl groups is 1. The van der Waals surface area contributed by atoms with Crippen LogP contribution < -0.4 is 4.90 Å². The minimum atomic E-state index is -0.341. The minimum Gasteiger partial charge on any atom is -0.508 e. The second-order valence-corrected chi connectivity index (χ2v) is 7.81. The Morgan fingerprint density at radius 1 is 1.06 bits per heavy atom. The molecule has 1 aliphatic heterocycles. The molecule has 0 aliphatic carbocycles. The van der Waals surface area contributed by atoms with Crippen LogP contribution in [0.15, 0.2) is 59.1 Å². The van der Waals surface area contributed by atoms with Gasteiger partial charge in [-0.3, -0.25) is 4.79 Å². The van der Waals surface area contributed by atoms with Gasteiger partial charge in [0.2, 0.25) is 0 Å². The molecule has 8 heteroatoms. The lowest BCUT2D eigenvalue weighted by molar-refractivity contribution is 0.0748. The summed E-state index contributed by atoms with van der Waals surface area (Å²) >= 11 is 0. The molecular formula is C24H21FN4O3. The van der Waals surface area contributed by atoms with Crippen LogP contribution in [0.3, 0.4) is 0 Å². The van der Waals surface area contributed by atoms with Crippen molar-refractivity contribution >= 4 is 22.7 Å². The number of nitrogens with zero attached hydrogens (tertiary/aromatic N) is 4. The minimum absolute atomic E-state index is 0.123. The van der Waals surface area contributed by atoms with E-state index in [1.807, 2.05) is 12.1 Å². The maximum atomic E-state index is 13.5. The van der Waals surface area contributed by atoms with Gasteiger partial charge in [-0.1, -0.05) is 11.2 Å². The van der Waals surface area contributed by atoms with Gasteiger partial charge in [0.1, 0.15) is 11.6 Å². The molecule has 0 radical (unpaired) electrons. The second kappa shape index (κ2) is 7.96. The molecule has 0 saturated carbocycles. The lowest BCUT2D eigenvalue weighted by atomic mass is 10.0. The number of rotatable bonds is 3. The number of piperazine rings is 1. The summed E-state index contributed by atoms with van der Waals surface area (Å²) in [6.07, 6.45) is 0. The van der Waals surface area contributed by atoms with Crippen molar-refractivity contribution in [2.45, 2.75) is 6.92 Å². The Morgan fingerprint density at radius 2 is 1.81 bits per heavy atom. The van der Waals surface area contributed by atoms with Crippen molar-refractivity contribution in [3.8, 4) is 17.0 Å². The molecule has 1 fully saturated rings. The zero-order valence-electron chi connectivity index (χ0n) is 17.5. The van der Waals surface area contributed by atoms with E-state index in [4.69, 9.17) is 4.52 Å². The fourth-order valence-electron chi connectivity index (χ4n) is 4.06. The summed E-state index contributed by atoms with van der Waals surface area (Å²) in [4.78, 5) is 21.9. The number of amides is 1. The van der Waals surface area contributed by atoms with E-state index < -0.39 is 0 Å². The van der Waals surface area contributed by atoms with Gasteiger partial charge in [0.25, 0.3) is 11.6 Å². The lowest BCUT2D eigenvalue weighted by Gasteiger charge is -2.36. The number of halogens is 1. The van der Waals surface area contributed by atoms with Crippen molar-refractivity contribution in [2.24, 2.45) is 0 Å². The van der Waals surface area contributed by atoms with Crippen LogP contribution in [0.5, 0.6) is 5.75 Å². The van der Waals surface area contributed by atoms with Gasteiger partial charge in [-0.25, -0.2) is 9.37 Å². The molecule has 5 rings (SSSR count). The van der Waals surface area contributed by atoms with E-state index >= 15 is 0 Å². The van der Waals surface area contributed by atoms with Crippen LogP contribution in [0.25, 0.3) is 22.4 Å². The Kier molecular flexibility index (Phi) is 4.97. The smallest absolute Gasteiger partial charge is 0.259 e. The van der Waals surface area contributed by atoms with Crippen LogP contribution >= 0.6 is 0 Å². The molecule has 7 nitrogen and oxygen atoms in total. The summed E-state index contributed by atoms with van der Waals surface area (Å²) in [6, 6.07) is 14.8. The SMILES string of the molecule is Cc1noc2nc(-c3ccc(F)cc3)cc(C(=O)N3CCN(c4cccc(O)c4)CC3)c12. The average molecular weight is 432 g/mol. The van der Waals surface area contributed by atoms with Gasteiger partial charge < -0.3 is 19.4 Å². The number of hydrogen-bond donors (Lipinski definition) is 1. The van der Waals surface area contributed by atoms with Crippen molar-refractivity contribution < 1.29 is 18.8 Å². The van der Waals surface area contributed by atoms with Crippen LogP contribution in [-0.2, 0) is 0 Å². The molecule has 0 bridgehead atoms. The first-order chi connectivity index (χ1) is 15.5. The summed E-state index contributed by atoms with van der Waals surface area (Å²) < 4.78 is 18.7. The molecule has 32 heavy (non-hydrogen) atoms. The molecule has 1 saturated heterocycles. The third kappa shape index (κ3) is 3.64. The fourth-order valence-corrected chi connectivity index (χ4v) is 4.06. The van der Waals surface area contributed by atoms with Crippen molar-refractivity contribution in [2.75, 3.05) is 31.1 Å². The van der Waals surface area contributed by atoms with Crippen LogP contribution in [0.1, 0.15) is 16.1 Å². The molecule has 1 aliphatic rings. The number of hydrogen-bond acceptors (Lipinski definition) is 6. The highest BCUT2D eigenvalue weighted by molar-refractivity contribution is 6.07. The zero-order valence-corrected chi connectivity index (χ0v) is 17.5. The molecule has 3 heterocycles. The van der Waals surface area contributed by atoms with Gasteiger partial charge in [-0.05, 0) is 49.4 Å². The maximum Gasteiger partial charge on any atom is 0.259 e. The van der Waals surface area contributed by atoms with E-state index in [1.165, 1.54) is 12.1 Å². The van der Waals surface area contributed by atoms with Crippen LogP contribution in [-0.4, -0.2) is 52.2 Å². The Morgan fingerprint density at radius 3 is 2.53 bits per heavy atom. The lowest BCUT2D eigenvalue weighted by Crippen LogP contribution is -2.48. The Bertz CT molecular complexity index is 1290. The number of phenolic OH excluding ortho intramolecular Hbond substituents is 1. The Labute approximate surface area is 183 Å². The average Bonchev–Trinajstić information content (AvgIpc) is 3.19. The number of carbonyl (C=O) groups excluding carboxylic acids is 1. The predicted molar refractivity (Wildman–Crippen MR) is 118 cm³/mol. The van der Waals surface area contributed by atoms with E-state index in [0.29, 0.717) is 54.1 Å². The molecule has 1 amide bonds. The van der Waals surface area contributed by atoms with E-state index in [1.54, 1.807) is 42.2 Å². The summed E-state index contributed by atoms with van der Waals surface area (Å²) in [5, 5.41) is 14.3. The molecule has 0 atom stereocenters. The molecule has 0 spiro atoms. The van der Waals surface area contributed by atoms with Gasteiger partial charge in [-0.2, -0.15) is 0 Å². The van der Waals surface area contributed by atoms with Crippen molar-refractivity contribution in [3.05, 3.63) is 71.7 Å². The number of aryl methyl sites for hydroxylation is 1. The predicted octanol–water partition coefficient (Wildman–Crippen LogP) is 4.01. The number of pyridine rings is 1. The van der Waals surface area contributed by atoms with Gasteiger partial charge in [0, 0.05) is 43.5 Å². The third-order valence-corrected chi connectivity index (χ3v) is 5.75. The van der Waals surface area contributed by atoms with E-state index in [9.17, 15) is 14.3 Å². The molecule has 2 aromatic heterocycles. The van der Waals surface area contributed by atoms with Gasteiger partial charge in [-0.15, -0.1) is 0 Å². The van der Waals surface area contributed by atoms with Gasteiger partial charge >= 0.3 is 0 Å². The molecule has 0 unspecified atom stereocenters. The number of benzene rings is 2. The quantitative estimate of drug-likeness (QED) is 0.527. The monoisotopic (exact) mass is 432 g/mol. The number of anilines is 1. The first kappa shape index (κ1) is 20.0. The Hall–Kier alpha value is -3.94. The van der Waals surface area contributed by atoms with Crippen molar-refractivity contribution in [1.82, 2.24) is 15.0 Å². The van der Waals surface area contributed by atoms with Crippen LogP contribution in [0, 0.1) is 12.7 Å². The molecule has 2 aromatic carbocycles. The summed E-state index contributed by atoms with van der Waals surface area (Å²) in [5.74, 6) is -0.245. The maximum absolute atomic E-state index is 13.5. The molecule has 4 aromatic rings. The molecule has 1 N–H and O–H groups in total.